The Kier molecular flexibility index (Phi) is 4.85. The lowest BCUT2D eigenvalue weighted by Crippen LogP contribution is -2.25. The average molecular weight is 430 g/mol. The zero-order valence-corrected chi connectivity index (χ0v) is 15.7. The largest absolute Gasteiger partial charge is 0.321 e. The minimum absolute atomic E-state index is 0.144. The van der Waals surface area contributed by atoms with Crippen molar-refractivity contribution in [3.63, 3.8) is 0 Å². The third kappa shape index (κ3) is 3.43. The maximum atomic E-state index is 12.3. The smallest absolute Gasteiger partial charge is 0.256 e. The van der Waals surface area contributed by atoms with Crippen molar-refractivity contribution in [2.24, 2.45) is 0 Å². The molecule has 1 N–H and O–H groups in total. The van der Waals surface area contributed by atoms with Gasteiger partial charge in [0, 0.05) is 11.0 Å². The SMILES string of the molecule is O=C(Nc1ccc(N2CCCS2(=O)=O)cc1Cl)c1ccccc1Br. The van der Waals surface area contributed by atoms with Crippen LogP contribution in [0.3, 0.4) is 0 Å². The van der Waals surface area contributed by atoms with Crippen molar-refractivity contribution >= 4 is 54.8 Å². The average Bonchev–Trinajstić information content (AvgIpc) is 2.89. The topological polar surface area (TPSA) is 66.5 Å². The number of anilines is 2. The zero-order valence-electron chi connectivity index (χ0n) is 12.5. The van der Waals surface area contributed by atoms with Crippen LogP contribution >= 0.6 is 27.5 Å². The highest BCUT2D eigenvalue weighted by molar-refractivity contribution is 9.10. The summed E-state index contributed by atoms with van der Waals surface area (Å²) in [5.74, 6) is -0.156. The second-order valence-electron chi connectivity index (χ2n) is 5.34. The molecule has 3 rings (SSSR count). The van der Waals surface area contributed by atoms with E-state index in [4.69, 9.17) is 11.6 Å². The van der Waals surface area contributed by atoms with E-state index in [2.05, 4.69) is 21.2 Å². The molecule has 2 aromatic rings. The molecule has 1 amide bonds. The van der Waals surface area contributed by atoms with Crippen molar-refractivity contribution in [1.29, 1.82) is 0 Å². The summed E-state index contributed by atoms with van der Waals surface area (Å²) < 4.78 is 26.0. The van der Waals surface area contributed by atoms with E-state index in [1.807, 2.05) is 6.07 Å². The molecule has 8 heteroatoms. The van der Waals surface area contributed by atoms with Gasteiger partial charge in [-0.3, -0.25) is 9.10 Å². The number of carbonyl (C=O) groups excluding carboxylic acids is 1. The van der Waals surface area contributed by atoms with E-state index in [9.17, 15) is 13.2 Å². The fraction of sp³-hybridized carbons (Fsp3) is 0.188. The lowest BCUT2D eigenvalue weighted by molar-refractivity contribution is 0.102. The fourth-order valence-electron chi connectivity index (χ4n) is 2.53. The summed E-state index contributed by atoms with van der Waals surface area (Å²) >= 11 is 9.55. The van der Waals surface area contributed by atoms with Gasteiger partial charge in [-0.15, -0.1) is 0 Å². The van der Waals surface area contributed by atoms with Crippen LogP contribution in [0.25, 0.3) is 0 Å². The molecule has 0 aromatic heterocycles. The third-order valence-electron chi connectivity index (χ3n) is 3.71. The van der Waals surface area contributed by atoms with E-state index in [0.29, 0.717) is 34.4 Å². The maximum Gasteiger partial charge on any atom is 0.256 e. The summed E-state index contributed by atoms with van der Waals surface area (Å²) in [7, 11) is -3.26. The third-order valence-corrected chi connectivity index (χ3v) is 6.58. The first-order valence-corrected chi connectivity index (χ1v) is 10.0. The van der Waals surface area contributed by atoms with E-state index in [0.717, 1.165) is 0 Å². The standard InChI is InChI=1S/C16H14BrClN2O3S/c17-13-5-2-1-4-12(13)16(21)19-15-7-6-11(10-14(15)18)20-8-3-9-24(20,22)23/h1-2,4-7,10H,3,8-9H2,(H,19,21). The van der Waals surface area contributed by atoms with E-state index in [-0.39, 0.29) is 16.7 Å². The van der Waals surface area contributed by atoms with Gasteiger partial charge in [0.1, 0.15) is 0 Å². The molecule has 0 bridgehead atoms. The van der Waals surface area contributed by atoms with Gasteiger partial charge in [-0.05, 0) is 52.7 Å². The summed E-state index contributed by atoms with van der Waals surface area (Å²) in [4.78, 5) is 12.3. The second kappa shape index (κ2) is 6.74. The van der Waals surface area contributed by atoms with Crippen molar-refractivity contribution in [1.82, 2.24) is 0 Å². The Morgan fingerprint density at radius 3 is 2.58 bits per heavy atom. The summed E-state index contributed by atoms with van der Waals surface area (Å²) in [5, 5.41) is 3.02. The zero-order chi connectivity index (χ0) is 17.3. The number of rotatable bonds is 3. The van der Waals surface area contributed by atoms with Crippen LogP contribution in [0.15, 0.2) is 46.9 Å². The fourth-order valence-corrected chi connectivity index (χ4v) is 4.77. The minimum atomic E-state index is -3.26. The van der Waals surface area contributed by atoms with Crippen LogP contribution in [-0.4, -0.2) is 26.6 Å². The number of hydrogen-bond acceptors (Lipinski definition) is 3. The summed E-state index contributed by atoms with van der Waals surface area (Å²) in [6.45, 7) is 0.446. The van der Waals surface area contributed by atoms with Crippen LogP contribution < -0.4 is 9.62 Å². The minimum Gasteiger partial charge on any atom is -0.321 e. The molecule has 0 unspecified atom stereocenters. The number of halogens is 2. The number of sulfonamides is 1. The van der Waals surface area contributed by atoms with Crippen molar-refractivity contribution in [2.45, 2.75) is 6.42 Å². The van der Waals surface area contributed by atoms with Crippen molar-refractivity contribution in [2.75, 3.05) is 21.9 Å². The van der Waals surface area contributed by atoms with Crippen molar-refractivity contribution < 1.29 is 13.2 Å². The highest BCUT2D eigenvalue weighted by atomic mass is 79.9. The Balaban J connectivity index is 1.83. The molecule has 0 atom stereocenters. The van der Waals surface area contributed by atoms with Gasteiger partial charge in [0.2, 0.25) is 10.0 Å². The molecule has 1 aliphatic heterocycles. The Morgan fingerprint density at radius 1 is 1.21 bits per heavy atom. The molecular weight excluding hydrogens is 416 g/mol. The first kappa shape index (κ1) is 17.3. The van der Waals surface area contributed by atoms with E-state index < -0.39 is 10.0 Å². The van der Waals surface area contributed by atoms with E-state index in [1.54, 1.807) is 36.4 Å². The Labute approximate surface area is 153 Å². The van der Waals surface area contributed by atoms with Gasteiger partial charge in [-0.25, -0.2) is 8.42 Å². The highest BCUT2D eigenvalue weighted by Gasteiger charge is 2.28. The lowest BCUT2D eigenvalue weighted by Gasteiger charge is -2.18. The second-order valence-corrected chi connectivity index (χ2v) is 8.61. The first-order valence-electron chi connectivity index (χ1n) is 7.24. The highest BCUT2D eigenvalue weighted by Crippen LogP contribution is 2.31. The van der Waals surface area contributed by atoms with E-state index >= 15 is 0 Å². The molecule has 1 fully saturated rings. The molecule has 1 saturated heterocycles. The first-order chi connectivity index (χ1) is 11.4. The predicted molar refractivity (Wildman–Crippen MR) is 99.3 cm³/mol. The molecule has 1 aliphatic rings. The number of nitrogens with zero attached hydrogens (tertiary/aromatic N) is 1. The molecule has 1 heterocycles. The summed E-state index contributed by atoms with van der Waals surface area (Å²) in [6.07, 6.45) is 0.598. The van der Waals surface area contributed by atoms with Gasteiger partial charge < -0.3 is 5.32 Å². The molecule has 24 heavy (non-hydrogen) atoms. The number of amides is 1. The number of hydrogen-bond donors (Lipinski definition) is 1. The monoisotopic (exact) mass is 428 g/mol. The van der Waals surface area contributed by atoms with Gasteiger partial charge >= 0.3 is 0 Å². The van der Waals surface area contributed by atoms with Crippen LogP contribution in [0, 0.1) is 0 Å². The molecule has 0 aliphatic carbocycles. The molecule has 2 aromatic carbocycles. The molecule has 126 valence electrons. The molecule has 0 saturated carbocycles. The number of nitrogens with one attached hydrogen (secondary N) is 1. The maximum absolute atomic E-state index is 12.3. The van der Waals surface area contributed by atoms with Crippen LogP contribution in [0.2, 0.25) is 5.02 Å². The summed E-state index contributed by atoms with van der Waals surface area (Å²) in [5.41, 5.74) is 1.42. The van der Waals surface area contributed by atoms with Gasteiger partial charge in [-0.2, -0.15) is 0 Å². The van der Waals surface area contributed by atoms with Gasteiger partial charge in [0.15, 0.2) is 0 Å². The molecular formula is C16H14BrClN2O3S. The van der Waals surface area contributed by atoms with Crippen LogP contribution in [0.1, 0.15) is 16.8 Å². The molecule has 0 radical (unpaired) electrons. The number of carbonyl (C=O) groups is 1. The quantitative estimate of drug-likeness (QED) is 0.805. The normalized spacial score (nSPS) is 16.2. The van der Waals surface area contributed by atoms with Gasteiger partial charge in [0.05, 0.1) is 27.7 Å². The molecule has 0 spiro atoms. The van der Waals surface area contributed by atoms with Crippen LogP contribution in [0.4, 0.5) is 11.4 Å². The molecule has 5 nitrogen and oxygen atoms in total. The predicted octanol–water partition coefficient (Wildman–Crippen LogP) is 3.89. The van der Waals surface area contributed by atoms with E-state index in [1.165, 1.54) is 4.31 Å². The van der Waals surface area contributed by atoms with Crippen molar-refractivity contribution in [3.8, 4) is 0 Å². The lowest BCUT2D eigenvalue weighted by atomic mass is 10.2. The van der Waals surface area contributed by atoms with Gasteiger partial charge in [0.25, 0.3) is 5.91 Å². The Hall–Kier alpha value is -1.57. The Morgan fingerprint density at radius 2 is 1.96 bits per heavy atom. The number of benzene rings is 2. The van der Waals surface area contributed by atoms with Gasteiger partial charge in [-0.1, -0.05) is 23.7 Å². The van der Waals surface area contributed by atoms with Crippen LogP contribution in [-0.2, 0) is 10.0 Å². The van der Waals surface area contributed by atoms with Crippen LogP contribution in [0.5, 0.6) is 0 Å². The Bertz CT molecular complexity index is 902. The summed E-state index contributed by atoms with van der Waals surface area (Å²) in [6, 6.07) is 11.9. The van der Waals surface area contributed by atoms with Crippen molar-refractivity contribution in [3.05, 3.63) is 57.5 Å².